The Morgan fingerprint density at radius 1 is 1.03 bits per heavy atom. The number of amides is 1. The molecule has 164 valence electrons. The molecule has 1 amide bonds. The van der Waals surface area contributed by atoms with Crippen molar-refractivity contribution in [3.63, 3.8) is 0 Å². The van der Waals surface area contributed by atoms with Crippen molar-refractivity contribution in [3.8, 4) is 11.4 Å². The van der Waals surface area contributed by atoms with Crippen LogP contribution in [0.3, 0.4) is 0 Å². The molecule has 1 aromatic heterocycles. The fourth-order valence-electron chi connectivity index (χ4n) is 3.49. The molecule has 1 N–H and O–H groups in total. The molecule has 6 heteroatoms. The van der Waals surface area contributed by atoms with Crippen LogP contribution in [0.5, 0.6) is 5.75 Å². The summed E-state index contributed by atoms with van der Waals surface area (Å²) in [6.07, 6.45) is 1.35. The summed E-state index contributed by atoms with van der Waals surface area (Å²) < 4.78 is 7.71. The maximum Gasteiger partial charge on any atom is 0.225 e. The molecule has 2 aromatic carbocycles. The molecule has 0 radical (unpaired) electrons. The van der Waals surface area contributed by atoms with Crippen molar-refractivity contribution in [3.05, 3.63) is 71.5 Å². The molecule has 0 fully saturated rings. The van der Waals surface area contributed by atoms with Gasteiger partial charge in [0.2, 0.25) is 5.91 Å². The number of aryl methyl sites for hydroxylation is 2. The molecule has 0 aliphatic heterocycles. The normalized spacial score (nSPS) is 11.0. The van der Waals surface area contributed by atoms with Gasteiger partial charge in [-0.25, -0.2) is 4.68 Å². The van der Waals surface area contributed by atoms with Crippen LogP contribution in [0, 0.1) is 20.8 Å². The maximum absolute atomic E-state index is 12.5. The monoisotopic (exact) mass is 420 g/mol. The van der Waals surface area contributed by atoms with E-state index < -0.39 is 0 Å². The van der Waals surface area contributed by atoms with Gasteiger partial charge in [0, 0.05) is 19.5 Å². The van der Waals surface area contributed by atoms with Crippen LogP contribution in [0.1, 0.15) is 29.8 Å². The van der Waals surface area contributed by atoms with Gasteiger partial charge in [-0.1, -0.05) is 36.4 Å². The minimum Gasteiger partial charge on any atom is -0.493 e. The highest BCUT2D eigenvalue weighted by Crippen LogP contribution is 2.23. The van der Waals surface area contributed by atoms with Crippen LogP contribution in [-0.4, -0.2) is 47.3 Å². The van der Waals surface area contributed by atoms with E-state index in [4.69, 9.17) is 4.74 Å². The first-order valence-electron chi connectivity index (χ1n) is 10.7. The SMILES string of the molecule is Cc1ccccc1OCCCN(C)CCC(=O)Nc1c(C)nn(-c2ccccc2)c1C. The molecule has 0 aliphatic carbocycles. The Hall–Kier alpha value is -3.12. The summed E-state index contributed by atoms with van der Waals surface area (Å²) in [5, 5.41) is 7.63. The van der Waals surface area contributed by atoms with Crippen LogP contribution >= 0.6 is 0 Å². The number of rotatable bonds is 10. The van der Waals surface area contributed by atoms with E-state index in [2.05, 4.69) is 15.3 Å². The molecular formula is C25H32N4O2. The minimum atomic E-state index is 0.00169. The van der Waals surface area contributed by atoms with Crippen LogP contribution in [0.15, 0.2) is 54.6 Å². The van der Waals surface area contributed by atoms with Gasteiger partial charge in [0.05, 0.1) is 29.4 Å². The average Bonchev–Trinajstić information content (AvgIpc) is 3.05. The lowest BCUT2D eigenvalue weighted by Crippen LogP contribution is -2.26. The number of carbonyl (C=O) groups excluding carboxylic acids is 1. The summed E-state index contributed by atoms with van der Waals surface area (Å²) in [4.78, 5) is 14.7. The molecular weight excluding hydrogens is 388 g/mol. The lowest BCUT2D eigenvalue weighted by molar-refractivity contribution is -0.116. The third kappa shape index (κ3) is 6.18. The Balaban J connectivity index is 1.43. The van der Waals surface area contributed by atoms with Crippen LogP contribution in [0.2, 0.25) is 0 Å². The molecule has 31 heavy (non-hydrogen) atoms. The van der Waals surface area contributed by atoms with Crippen molar-refractivity contribution in [2.45, 2.75) is 33.6 Å². The molecule has 6 nitrogen and oxygen atoms in total. The number of anilines is 1. The zero-order chi connectivity index (χ0) is 22.2. The highest BCUT2D eigenvalue weighted by Gasteiger charge is 2.15. The second-order valence-corrected chi connectivity index (χ2v) is 7.86. The smallest absolute Gasteiger partial charge is 0.225 e. The molecule has 0 unspecified atom stereocenters. The summed E-state index contributed by atoms with van der Waals surface area (Å²) in [6, 6.07) is 18.0. The molecule has 3 rings (SSSR count). The van der Waals surface area contributed by atoms with Gasteiger partial charge >= 0.3 is 0 Å². The van der Waals surface area contributed by atoms with E-state index in [9.17, 15) is 4.79 Å². The fourth-order valence-corrected chi connectivity index (χ4v) is 3.49. The van der Waals surface area contributed by atoms with E-state index in [1.165, 1.54) is 0 Å². The number of nitrogens with one attached hydrogen (secondary N) is 1. The quantitative estimate of drug-likeness (QED) is 0.490. The standard InChI is InChI=1S/C25H32N4O2/c1-19-11-8-9-14-23(19)31-18-10-16-28(4)17-15-24(30)26-25-20(2)27-29(21(25)3)22-12-6-5-7-13-22/h5-9,11-14H,10,15-18H2,1-4H3,(H,26,30). The van der Waals surface area contributed by atoms with Crippen molar-refractivity contribution < 1.29 is 9.53 Å². The summed E-state index contributed by atoms with van der Waals surface area (Å²) in [5.74, 6) is 0.938. The fraction of sp³-hybridized carbons (Fsp3) is 0.360. The van der Waals surface area contributed by atoms with Crippen LogP contribution < -0.4 is 10.1 Å². The summed E-state index contributed by atoms with van der Waals surface area (Å²) >= 11 is 0. The first kappa shape index (κ1) is 22.6. The lowest BCUT2D eigenvalue weighted by Gasteiger charge is -2.17. The van der Waals surface area contributed by atoms with Gasteiger partial charge in [-0.15, -0.1) is 0 Å². The topological polar surface area (TPSA) is 59.4 Å². The first-order chi connectivity index (χ1) is 15.0. The molecule has 0 atom stereocenters. The Morgan fingerprint density at radius 2 is 1.74 bits per heavy atom. The number of hydrogen-bond donors (Lipinski definition) is 1. The number of nitrogens with zero attached hydrogens (tertiary/aromatic N) is 3. The number of benzene rings is 2. The molecule has 1 heterocycles. The van der Waals surface area contributed by atoms with Gasteiger partial charge in [-0.2, -0.15) is 5.10 Å². The van der Waals surface area contributed by atoms with E-state index in [-0.39, 0.29) is 5.91 Å². The third-order valence-electron chi connectivity index (χ3n) is 5.31. The Kier molecular flexibility index (Phi) is 7.84. The van der Waals surface area contributed by atoms with Crippen molar-refractivity contribution in [2.24, 2.45) is 0 Å². The number of aromatic nitrogens is 2. The van der Waals surface area contributed by atoms with Gasteiger partial charge in [-0.05, 0) is 58.0 Å². The predicted molar refractivity (Wildman–Crippen MR) is 125 cm³/mol. The molecule has 0 saturated heterocycles. The van der Waals surface area contributed by atoms with Crippen LogP contribution in [0.25, 0.3) is 5.69 Å². The summed E-state index contributed by atoms with van der Waals surface area (Å²) in [7, 11) is 2.03. The van der Waals surface area contributed by atoms with Crippen molar-refractivity contribution in [2.75, 3.05) is 32.1 Å². The minimum absolute atomic E-state index is 0.00169. The lowest BCUT2D eigenvalue weighted by atomic mass is 10.2. The maximum atomic E-state index is 12.5. The molecule has 0 spiro atoms. The van der Waals surface area contributed by atoms with Gasteiger partial charge in [0.15, 0.2) is 0 Å². The molecule has 3 aromatic rings. The van der Waals surface area contributed by atoms with E-state index in [0.29, 0.717) is 19.6 Å². The number of hydrogen-bond acceptors (Lipinski definition) is 4. The van der Waals surface area contributed by atoms with Gasteiger partial charge < -0.3 is 15.0 Å². The van der Waals surface area contributed by atoms with E-state index in [1.807, 2.05) is 87.1 Å². The van der Waals surface area contributed by atoms with Crippen molar-refractivity contribution >= 4 is 11.6 Å². The van der Waals surface area contributed by atoms with Gasteiger partial charge in [0.1, 0.15) is 5.75 Å². The molecule has 0 aliphatic rings. The van der Waals surface area contributed by atoms with E-state index in [1.54, 1.807) is 0 Å². The Bertz CT molecular complexity index is 998. The van der Waals surface area contributed by atoms with Crippen LogP contribution in [0.4, 0.5) is 5.69 Å². The third-order valence-corrected chi connectivity index (χ3v) is 5.31. The number of carbonyl (C=O) groups is 1. The zero-order valence-corrected chi connectivity index (χ0v) is 18.9. The molecule has 0 bridgehead atoms. The second-order valence-electron chi connectivity index (χ2n) is 7.86. The Morgan fingerprint density at radius 3 is 2.48 bits per heavy atom. The summed E-state index contributed by atoms with van der Waals surface area (Å²) in [5.41, 5.74) is 4.67. The Labute approximate surface area is 184 Å². The highest BCUT2D eigenvalue weighted by molar-refractivity contribution is 5.92. The average molecular weight is 421 g/mol. The summed E-state index contributed by atoms with van der Waals surface area (Å²) in [6.45, 7) is 8.18. The largest absolute Gasteiger partial charge is 0.493 e. The van der Waals surface area contributed by atoms with Gasteiger partial charge in [-0.3, -0.25) is 4.79 Å². The van der Waals surface area contributed by atoms with Crippen LogP contribution in [-0.2, 0) is 4.79 Å². The van der Waals surface area contributed by atoms with E-state index >= 15 is 0 Å². The van der Waals surface area contributed by atoms with Crippen molar-refractivity contribution in [1.82, 2.24) is 14.7 Å². The number of para-hydroxylation sites is 2. The van der Waals surface area contributed by atoms with Crippen molar-refractivity contribution in [1.29, 1.82) is 0 Å². The highest BCUT2D eigenvalue weighted by atomic mass is 16.5. The second kappa shape index (κ2) is 10.8. The predicted octanol–water partition coefficient (Wildman–Crippen LogP) is 4.53. The van der Waals surface area contributed by atoms with E-state index in [0.717, 1.165) is 47.0 Å². The van der Waals surface area contributed by atoms with Gasteiger partial charge in [0.25, 0.3) is 0 Å². The number of ether oxygens (including phenoxy) is 1. The molecule has 0 saturated carbocycles. The zero-order valence-electron chi connectivity index (χ0n) is 18.9. The first-order valence-corrected chi connectivity index (χ1v) is 10.7.